The van der Waals surface area contributed by atoms with E-state index in [4.69, 9.17) is 9.47 Å². The standard InChI is InChI=1S/C16H14F3N3O5/c1-26-11-3-5-12(6-4-11)27-9-15(23)21-20-13-7-2-10(16(17,18)19)8-14(13)22(24)25/h2-8,20H,9H2,1H3,(H,21,23). The molecule has 2 aromatic carbocycles. The summed E-state index contributed by atoms with van der Waals surface area (Å²) in [4.78, 5) is 21.7. The van der Waals surface area contributed by atoms with Gasteiger partial charge in [0.1, 0.15) is 17.2 Å². The lowest BCUT2D eigenvalue weighted by Crippen LogP contribution is -2.33. The largest absolute Gasteiger partial charge is 0.497 e. The minimum absolute atomic E-state index is 0.300. The third kappa shape index (κ3) is 5.49. The summed E-state index contributed by atoms with van der Waals surface area (Å²) in [5.74, 6) is 0.287. The zero-order valence-electron chi connectivity index (χ0n) is 13.9. The number of rotatable bonds is 7. The number of amides is 1. The zero-order valence-corrected chi connectivity index (χ0v) is 13.9. The lowest BCUT2D eigenvalue weighted by atomic mass is 10.1. The fourth-order valence-corrected chi connectivity index (χ4v) is 1.96. The van der Waals surface area contributed by atoms with Crippen LogP contribution in [0.25, 0.3) is 0 Å². The van der Waals surface area contributed by atoms with Crippen LogP contribution in [0.3, 0.4) is 0 Å². The van der Waals surface area contributed by atoms with Crippen LogP contribution in [-0.4, -0.2) is 24.5 Å². The van der Waals surface area contributed by atoms with Crippen molar-refractivity contribution in [2.45, 2.75) is 6.18 Å². The van der Waals surface area contributed by atoms with Crippen LogP contribution in [0.2, 0.25) is 0 Å². The van der Waals surface area contributed by atoms with Crippen molar-refractivity contribution in [2.75, 3.05) is 19.1 Å². The van der Waals surface area contributed by atoms with Gasteiger partial charge in [-0.1, -0.05) is 0 Å². The van der Waals surface area contributed by atoms with Crippen molar-refractivity contribution in [3.8, 4) is 11.5 Å². The molecule has 0 atom stereocenters. The number of nitro benzene ring substituents is 1. The topological polar surface area (TPSA) is 103 Å². The van der Waals surface area contributed by atoms with Crippen LogP contribution >= 0.6 is 0 Å². The number of nitro groups is 1. The molecule has 2 rings (SSSR count). The van der Waals surface area contributed by atoms with E-state index in [1.165, 1.54) is 7.11 Å². The number of nitrogens with zero attached hydrogens (tertiary/aromatic N) is 1. The summed E-state index contributed by atoms with van der Waals surface area (Å²) >= 11 is 0. The number of benzene rings is 2. The van der Waals surface area contributed by atoms with Gasteiger partial charge in [0, 0.05) is 6.07 Å². The maximum Gasteiger partial charge on any atom is 0.416 e. The monoisotopic (exact) mass is 385 g/mol. The van der Waals surface area contributed by atoms with Crippen LogP contribution in [0.5, 0.6) is 11.5 Å². The Morgan fingerprint density at radius 2 is 1.78 bits per heavy atom. The summed E-state index contributed by atoms with van der Waals surface area (Å²) in [5, 5.41) is 11.0. The maximum atomic E-state index is 12.6. The number of hydrogen-bond acceptors (Lipinski definition) is 6. The molecule has 0 spiro atoms. The number of halogens is 3. The molecule has 1 amide bonds. The zero-order chi connectivity index (χ0) is 20.0. The van der Waals surface area contributed by atoms with Crippen molar-refractivity contribution in [3.63, 3.8) is 0 Å². The van der Waals surface area contributed by atoms with Crippen LogP contribution < -0.4 is 20.3 Å². The van der Waals surface area contributed by atoms with E-state index in [1.54, 1.807) is 24.3 Å². The number of ether oxygens (including phenoxy) is 2. The number of hydrogen-bond donors (Lipinski definition) is 2. The first kappa shape index (κ1) is 19.8. The highest BCUT2D eigenvalue weighted by molar-refractivity contribution is 5.79. The van der Waals surface area contributed by atoms with Crippen molar-refractivity contribution < 1.29 is 32.4 Å². The third-order valence-corrected chi connectivity index (χ3v) is 3.29. The number of nitrogens with one attached hydrogen (secondary N) is 2. The molecule has 11 heteroatoms. The van der Waals surface area contributed by atoms with Gasteiger partial charge in [0.2, 0.25) is 0 Å². The molecule has 0 radical (unpaired) electrons. The van der Waals surface area contributed by atoms with Gasteiger partial charge in [0.25, 0.3) is 11.6 Å². The van der Waals surface area contributed by atoms with Gasteiger partial charge in [-0.05, 0) is 36.4 Å². The predicted molar refractivity (Wildman–Crippen MR) is 88.4 cm³/mol. The Kier molecular flexibility index (Phi) is 6.06. The number of carbonyl (C=O) groups is 1. The molecule has 144 valence electrons. The molecule has 8 nitrogen and oxygen atoms in total. The fraction of sp³-hybridized carbons (Fsp3) is 0.188. The van der Waals surface area contributed by atoms with Crippen LogP contribution in [-0.2, 0) is 11.0 Å². The molecule has 0 saturated carbocycles. The Morgan fingerprint density at radius 3 is 2.33 bits per heavy atom. The van der Waals surface area contributed by atoms with Gasteiger partial charge in [-0.25, -0.2) is 0 Å². The second kappa shape index (κ2) is 8.25. The average Bonchev–Trinajstić information content (AvgIpc) is 2.64. The SMILES string of the molecule is COc1ccc(OCC(=O)NNc2ccc(C(F)(F)F)cc2[N+](=O)[O-])cc1. The van der Waals surface area contributed by atoms with Gasteiger partial charge in [0.05, 0.1) is 17.6 Å². The maximum absolute atomic E-state index is 12.6. The fourth-order valence-electron chi connectivity index (χ4n) is 1.96. The molecule has 0 aliphatic carbocycles. The third-order valence-electron chi connectivity index (χ3n) is 3.29. The van der Waals surface area contributed by atoms with Crippen molar-refractivity contribution in [3.05, 3.63) is 58.1 Å². The van der Waals surface area contributed by atoms with E-state index < -0.39 is 34.9 Å². The lowest BCUT2D eigenvalue weighted by Gasteiger charge is -2.12. The molecule has 0 saturated heterocycles. The average molecular weight is 385 g/mol. The second-order valence-electron chi connectivity index (χ2n) is 5.12. The summed E-state index contributed by atoms with van der Waals surface area (Å²) in [5.41, 5.74) is 2.04. The second-order valence-corrected chi connectivity index (χ2v) is 5.12. The van der Waals surface area contributed by atoms with Gasteiger partial charge in [-0.3, -0.25) is 25.8 Å². The molecule has 2 aromatic rings. The van der Waals surface area contributed by atoms with Gasteiger partial charge in [-0.15, -0.1) is 0 Å². The van der Waals surface area contributed by atoms with Crippen LogP contribution in [0, 0.1) is 10.1 Å². The molecule has 27 heavy (non-hydrogen) atoms. The number of anilines is 1. The van der Waals surface area contributed by atoms with E-state index >= 15 is 0 Å². The van der Waals surface area contributed by atoms with E-state index in [2.05, 4.69) is 10.9 Å². The molecule has 0 unspecified atom stereocenters. The quantitative estimate of drug-likeness (QED) is 0.561. The molecule has 0 bridgehead atoms. The molecule has 2 N–H and O–H groups in total. The van der Waals surface area contributed by atoms with Crippen molar-refractivity contribution in [2.24, 2.45) is 0 Å². The highest BCUT2D eigenvalue weighted by Crippen LogP contribution is 2.34. The van der Waals surface area contributed by atoms with E-state index in [-0.39, 0.29) is 5.69 Å². The number of carbonyl (C=O) groups excluding carboxylic acids is 1. The van der Waals surface area contributed by atoms with Gasteiger partial charge in [-0.2, -0.15) is 13.2 Å². The van der Waals surface area contributed by atoms with Crippen molar-refractivity contribution >= 4 is 17.3 Å². The Bertz CT molecular complexity index is 825. The molecule has 0 aliphatic heterocycles. The Labute approximate surface area is 151 Å². The van der Waals surface area contributed by atoms with Crippen LogP contribution in [0.4, 0.5) is 24.5 Å². The normalized spacial score (nSPS) is 10.8. The summed E-state index contributed by atoms with van der Waals surface area (Å²) in [6.45, 7) is -0.423. The molecule has 0 aromatic heterocycles. The molecule has 0 aliphatic rings. The van der Waals surface area contributed by atoms with Gasteiger partial charge in [0.15, 0.2) is 6.61 Å². The number of alkyl halides is 3. The summed E-state index contributed by atoms with van der Waals surface area (Å²) in [6, 6.07) is 8.28. The van der Waals surface area contributed by atoms with Gasteiger partial charge >= 0.3 is 6.18 Å². The smallest absolute Gasteiger partial charge is 0.416 e. The first-order chi connectivity index (χ1) is 12.7. The number of methoxy groups -OCH3 is 1. The molecular formula is C16H14F3N3O5. The van der Waals surface area contributed by atoms with E-state index in [9.17, 15) is 28.1 Å². The highest BCUT2D eigenvalue weighted by atomic mass is 19.4. The predicted octanol–water partition coefficient (Wildman–Crippen LogP) is 3.14. The minimum Gasteiger partial charge on any atom is -0.497 e. The molecular weight excluding hydrogens is 371 g/mol. The highest BCUT2D eigenvalue weighted by Gasteiger charge is 2.33. The lowest BCUT2D eigenvalue weighted by molar-refractivity contribution is -0.384. The van der Waals surface area contributed by atoms with E-state index in [1.807, 2.05) is 0 Å². The first-order valence-corrected chi connectivity index (χ1v) is 7.38. The number of hydrazine groups is 1. The van der Waals surface area contributed by atoms with Gasteiger partial charge < -0.3 is 9.47 Å². The molecule has 0 heterocycles. The summed E-state index contributed by atoms with van der Waals surface area (Å²) < 4.78 is 48.1. The summed E-state index contributed by atoms with van der Waals surface area (Å²) in [7, 11) is 1.50. The van der Waals surface area contributed by atoms with E-state index in [0.29, 0.717) is 23.6 Å². The van der Waals surface area contributed by atoms with E-state index in [0.717, 1.165) is 6.07 Å². The Morgan fingerprint density at radius 1 is 1.15 bits per heavy atom. The van der Waals surface area contributed by atoms with Crippen molar-refractivity contribution in [1.82, 2.24) is 5.43 Å². The Hall–Kier alpha value is -3.50. The van der Waals surface area contributed by atoms with Crippen LogP contribution in [0.15, 0.2) is 42.5 Å². The minimum atomic E-state index is -4.72. The van der Waals surface area contributed by atoms with Crippen LogP contribution in [0.1, 0.15) is 5.56 Å². The van der Waals surface area contributed by atoms with Crippen molar-refractivity contribution in [1.29, 1.82) is 0 Å². The summed E-state index contributed by atoms with van der Waals surface area (Å²) in [6.07, 6.45) is -4.72. The molecule has 0 fully saturated rings. The first-order valence-electron chi connectivity index (χ1n) is 7.38. The Balaban J connectivity index is 1.96.